The van der Waals surface area contributed by atoms with Gasteiger partial charge < -0.3 is 9.84 Å². The third-order valence-electron chi connectivity index (χ3n) is 2.23. The molecule has 0 saturated heterocycles. The smallest absolute Gasteiger partial charge is 0.115 e. The Kier molecular flexibility index (Phi) is 4.47. The van der Waals surface area contributed by atoms with Crippen molar-refractivity contribution in [1.82, 2.24) is 0 Å². The minimum absolute atomic E-state index is 0.113. The van der Waals surface area contributed by atoms with Crippen LogP contribution in [-0.2, 0) is 4.74 Å². The van der Waals surface area contributed by atoms with Gasteiger partial charge in [0, 0.05) is 6.61 Å². The van der Waals surface area contributed by atoms with Gasteiger partial charge in [-0.1, -0.05) is 25.5 Å². The van der Waals surface area contributed by atoms with E-state index >= 15 is 0 Å². The molecule has 1 N–H and O–H groups in total. The van der Waals surface area contributed by atoms with Crippen molar-refractivity contribution in [1.29, 1.82) is 0 Å². The van der Waals surface area contributed by atoms with E-state index in [2.05, 4.69) is 6.92 Å². The Bertz CT molecular complexity index is 254. The van der Waals surface area contributed by atoms with E-state index in [0.717, 1.165) is 25.0 Å². The van der Waals surface area contributed by atoms with E-state index < -0.39 is 0 Å². The Labute approximate surface area is 85.5 Å². The molecule has 0 amide bonds. The highest BCUT2D eigenvalue weighted by Crippen LogP contribution is 2.19. The molecule has 0 spiro atoms. The molecule has 78 valence electrons. The lowest BCUT2D eigenvalue weighted by atomic mass is 10.1. The first-order chi connectivity index (χ1) is 6.74. The largest absolute Gasteiger partial charge is 0.508 e. The van der Waals surface area contributed by atoms with Gasteiger partial charge in [0.2, 0.25) is 0 Å². The average molecular weight is 194 g/mol. The van der Waals surface area contributed by atoms with Crippen LogP contribution in [0.5, 0.6) is 5.75 Å². The fraction of sp³-hybridized carbons (Fsp3) is 0.500. The number of phenols is 1. The number of rotatable bonds is 5. The topological polar surface area (TPSA) is 29.5 Å². The summed E-state index contributed by atoms with van der Waals surface area (Å²) in [6.45, 7) is 4.98. The summed E-state index contributed by atoms with van der Waals surface area (Å²) in [5.41, 5.74) is 1.11. The lowest BCUT2D eigenvalue weighted by molar-refractivity contribution is 0.0637. The Morgan fingerprint density at radius 1 is 1.29 bits per heavy atom. The molecule has 0 saturated carbocycles. The molecular weight excluding hydrogens is 176 g/mol. The second-order valence-electron chi connectivity index (χ2n) is 3.46. The molecule has 0 radical (unpaired) electrons. The summed E-state index contributed by atoms with van der Waals surface area (Å²) >= 11 is 0. The lowest BCUT2D eigenvalue weighted by Gasteiger charge is -2.12. The van der Waals surface area contributed by atoms with Gasteiger partial charge >= 0.3 is 0 Å². The Morgan fingerprint density at radius 2 is 1.93 bits per heavy atom. The molecular formula is C12H18O2. The summed E-state index contributed by atoms with van der Waals surface area (Å²) in [6.07, 6.45) is 2.37. The van der Waals surface area contributed by atoms with Crippen LogP contribution in [0.25, 0.3) is 0 Å². The van der Waals surface area contributed by atoms with E-state index in [1.165, 1.54) is 0 Å². The monoisotopic (exact) mass is 194 g/mol. The number of aromatic hydroxyl groups is 1. The summed E-state index contributed by atoms with van der Waals surface area (Å²) in [6, 6.07) is 7.17. The van der Waals surface area contributed by atoms with Crippen molar-refractivity contribution >= 4 is 0 Å². The molecule has 0 aromatic heterocycles. The lowest BCUT2D eigenvalue weighted by Crippen LogP contribution is -2.01. The number of phenolic OH excluding ortho intramolecular Hbond substituents is 1. The molecule has 1 rings (SSSR count). The van der Waals surface area contributed by atoms with Crippen LogP contribution in [0.2, 0.25) is 0 Å². The van der Waals surface area contributed by atoms with Crippen molar-refractivity contribution in [2.24, 2.45) is 0 Å². The van der Waals surface area contributed by atoms with Crippen molar-refractivity contribution in [3.63, 3.8) is 0 Å². The highest BCUT2D eigenvalue weighted by molar-refractivity contribution is 5.26. The Hall–Kier alpha value is -1.02. The van der Waals surface area contributed by atoms with Gasteiger partial charge in [0.1, 0.15) is 5.75 Å². The predicted molar refractivity (Wildman–Crippen MR) is 57.4 cm³/mol. The fourth-order valence-corrected chi connectivity index (χ4v) is 1.25. The van der Waals surface area contributed by atoms with E-state index in [1.54, 1.807) is 12.1 Å². The molecule has 0 heterocycles. The van der Waals surface area contributed by atoms with Gasteiger partial charge in [-0.25, -0.2) is 0 Å². The molecule has 0 bridgehead atoms. The summed E-state index contributed by atoms with van der Waals surface area (Å²) in [4.78, 5) is 0. The number of hydrogen-bond donors (Lipinski definition) is 1. The third-order valence-corrected chi connectivity index (χ3v) is 2.23. The fourth-order valence-electron chi connectivity index (χ4n) is 1.25. The van der Waals surface area contributed by atoms with E-state index in [1.807, 2.05) is 19.1 Å². The molecule has 14 heavy (non-hydrogen) atoms. The van der Waals surface area contributed by atoms with Gasteiger partial charge in [-0.15, -0.1) is 0 Å². The van der Waals surface area contributed by atoms with Crippen LogP contribution in [0.15, 0.2) is 24.3 Å². The second kappa shape index (κ2) is 5.66. The number of hydrogen-bond acceptors (Lipinski definition) is 2. The van der Waals surface area contributed by atoms with Gasteiger partial charge in [-0.3, -0.25) is 0 Å². The molecule has 0 aliphatic rings. The normalized spacial score (nSPS) is 12.7. The van der Waals surface area contributed by atoms with Crippen LogP contribution in [0.3, 0.4) is 0 Å². The summed E-state index contributed by atoms with van der Waals surface area (Å²) in [5, 5.41) is 9.11. The molecule has 0 aliphatic heterocycles. The van der Waals surface area contributed by atoms with Crippen LogP contribution in [0.4, 0.5) is 0 Å². The first-order valence-corrected chi connectivity index (χ1v) is 5.14. The zero-order valence-electron chi connectivity index (χ0n) is 8.86. The van der Waals surface area contributed by atoms with E-state index in [9.17, 15) is 0 Å². The summed E-state index contributed by atoms with van der Waals surface area (Å²) in [7, 11) is 0. The van der Waals surface area contributed by atoms with Crippen molar-refractivity contribution in [3.8, 4) is 5.75 Å². The number of benzene rings is 1. The highest BCUT2D eigenvalue weighted by atomic mass is 16.5. The van der Waals surface area contributed by atoms with Crippen LogP contribution in [0, 0.1) is 0 Å². The van der Waals surface area contributed by atoms with E-state index in [-0.39, 0.29) is 6.10 Å². The van der Waals surface area contributed by atoms with Crippen LogP contribution in [-0.4, -0.2) is 11.7 Å². The molecule has 1 aromatic carbocycles. The molecule has 2 heteroatoms. The molecule has 1 aromatic rings. The minimum atomic E-state index is 0.113. The first-order valence-electron chi connectivity index (χ1n) is 5.14. The van der Waals surface area contributed by atoms with Crippen molar-refractivity contribution in [3.05, 3.63) is 29.8 Å². The van der Waals surface area contributed by atoms with E-state index in [0.29, 0.717) is 5.75 Å². The van der Waals surface area contributed by atoms with Gasteiger partial charge in [-0.2, -0.15) is 0 Å². The SMILES string of the molecule is CCCCOC(C)c1ccc(O)cc1. The second-order valence-corrected chi connectivity index (χ2v) is 3.46. The predicted octanol–water partition coefficient (Wildman–Crippen LogP) is 3.27. The van der Waals surface area contributed by atoms with E-state index in [4.69, 9.17) is 9.84 Å². The van der Waals surface area contributed by atoms with Gasteiger partial charge in [0.15, 0.2) is 0 Å². The van der Waals surface area contributed by atoms with Crippen LogP contribution < -0.4 is 0 Å². The maximum absolute atomic E-state index is 9.11. The molecule has 0 fully saturated rings. The van der Waals surface area contributed by atoms with Gasteiger partial charge in [0.25, 0.3) is 0 Å². The standard InChI is InChI=1S/C12H18O2/c1-3-4-9-14-10(2)11-5-7-12(13)8-6-11/h5-8,10,13H,3-4,9H2,1-2H3. The minimum Gasteiger partial charge on any atom is -0.508 e. The summed E-state index contributed by atoms with van der Waals surface area (Å²) in [5.74, 6) is 0.300. The first kappa shape index (κ1) is 11.1. The number of ether oxygens (including phenoxy) is 1. The average Bonchev–Trinajstić information content (AvgIpc) is 2.19. The number of unbranched alkanes of at least 4 members (excludes halogenated alkanes) is 1. The third kappa shape index (κ3) is 3.38. The Balaban J connectivity index is 2.43. The van der Waals surface area contributed by atoms with Crippen LogP contribution in [0.1, 0.15) is 38.4 Å². The molecule has 0 aliphatic carbocycles. The molecule has 1 unspecified atom stereocenters. The van der Waals surface area contributed by atoms with Gasteiger partial charge in [0.05, 0.1) is 6.10 Å². The van der Waals surface area contributed by atoms with Crippen molar-refractivity contribution in [2.75, 3.05) is 6.61 Å². The maximum atomic E-state index is 9.11. The quantitative estimate of drug-likeness (QED) is 0.729. The maximum Gasteiger partial charge on any atom is 0.115 e. The summed E-state index contributed by atoms with van der Waals surface area (Å²) < 4.78 is 5.63. The highest BCUT2D eigenvalue weighted by Gasteiger charge is 2.04. The van der Waals surface area contributed by atoms with Crippen LogP contribution >= 0.6 is 0 Å². The zero-order chi connectivity index (χ0) is 10.4. The van der Waals surface area contributed by atoms with Crippen molar-refractivity contribution < 1.29 is 9.84 Å². The molecule has 1 atom stereocenters. The zero-order valence-corrected chi connectivity index (χ0v) is 8.86. The van der Waals surface area contributed by atoms with Gasteiger partial charge in [-0.05, 0) is 31.0 Å². The Morgan fingerprint density at radius 3 is 2.50 bits per heavy atom. The van der Waals surface area contributed by atoms with Crippen molar-refractivity contribution in [2.45, 2.75) is 32.8 Å². The molecule has 2 nitrogen and oxygen atoms in total.